The molecule has 3 heteroatoms. The van der Waals surface area contributed by atoms with Crippen molar-refractivity contribution in [2.24, 2.45) is 0 Å². The van der Waals surface area contributed by atoms with Crippen LogP contribution in [-0.4, -0.2) is 18.7 Å². The lowest BCUT2D eigenvalue weighted by Crippen LogP contribution is -2.04. The standard InChI is InChI=1S/C18H20N2O/c1-19-12-14-7-8-17-15(11-14)9-10-20(17)13-16-5-3-4-6-18(16)21-2/h3-11,19H,12-13H2,1-2H3. The molecule has 3 rings (SSSR count). The van der Waals surface area contributed by atoms with Crippen LogP contribution in [0, 0.1) is 0 Å². The van der Waals surface area contributed by atoms with Crippen molar-refractivity contribution in [2.75, 3.05) is 14.2 Å². The zero-order valence-electron chi connectivity index (χ0n) is 12.5. The zero-order chi connectivity index (χ0) is 14.7. The van der Waals surface area contributed by atoms with Gasteiger partial charge >= 0.3 is 0 Å². The van der Waals surface area contributed by atoms with E-state index in [2.05, 4.69) is 52.5 Å². The van der Waals surface area contributed by atoms with Crippen LogP contribution < -0.4 is 10.1 Å². The molecule has 0 saturated heterocycles. The monoisotopic (exact) mass is 280 g/mol. The van der Waals surface area contributed by atoms with E-state index >= 15 is 0 Å². The predicted octanol–water partition coefficient (Wildman–Crippen LogP) is 3.42. The van der Waals surface area contributed by atoms with Gasteiger partial charge in [0, 0.05) is 23.8 Å². The summed E-state index contributed by atoms with van der Waals surface area (Å²) >= 11 is 0. The lowest BCUT2D eigenvalue weighted by Gasteiger charge is -2.10. The highest BCUT2D eigenvalue weighted by Gasteiger charge is 2.06. The minimum Gasteiger partial charge on any atom is -0.496 e. The number of para-hydroxylation sites is 1. The first-order valence-corrected chi connectivity index (χ1v) is 7.16. The molecule has 0 aliphatic rings. The smallest absolute Gasteiger partial charge is 0.123 e. The van der Waals surface area contributed by atoms with Crippen molar-refractivity contribution in [3.8, 4) is 5.75 Å². The van der Waals surface area contributed by atoms with Crippen molar-refractivity contribution >= 4 is 10.9 Å². The van der Waals surface area contributed by atoms with Crippen LogP contribution in [0.15, 0.2) is 54.7 Å². The van der Waals surface area contributed by atoms with Gasteiger partial charge in [0.2, 0.25) is 0 Å². The quantitative estimate of drug-likeness (QED) is 0.775. The van der Waals surface area contributed by atoms with Crippen LogP contribution in [0.1, 0.15) is 11.1 Å². The molecule has 0 spiro atoms. The van der Waals surface area contributed by atoms with Crippen LogP contribution in [-0.2, 0) is 13.1 Å². The number of hydrogen-bond donors (Lipinski definition) is 1. The second-order valence-corrected chi connectivity index (χ2v) is 5.18. The number of aromatic nitrogens is 1. The van der Waals surface area contributed by atoms with Gasteiger partial charge in [-0.1, -0.05) is 24.3 Å². The Morgan fingerprint density at radius 1 is 1.10 bits per heavy atom. The molecule has 0 radical (unpaired) electrons. The van der Waals surface area contributed by atoms with Gasteiger partial charge < -0.3 is 14.6 Å². The molecule has 3 nitrogen and oxygen atoms in total. The normalized spacial score (nSPS) is 11.0. The third-order valence-corrected chi connectivity index (χ3v) is 3.75. The molecule has 3 aromatic rings. The molecule has 1 aromatic heterocycles. The van der Waals surface area contributed by atoms with Gasteiger partial charge in [-0.05, 0) is 42.3 Å². The average molecular weight is 280 g/mol. The fraction of sp³-hybridized carbons (Fsp3) is 0.222. The van der Waals surface area contributed by atoms with E-state index in [1.54, 1.807) is 7.11 Å². The summed E-state index contributed by atoms with van der Waals surface area (Å²) < 4.78 is 7.70. The third-order valence-electron chi connectivity index (χ3n) is 3.75. The molecule has 2 aromatic carbocycles. The number of nitrogens with one attached hydrogen (secondary N) is 1. The number of nitrogens with zero attached hydrogens (tertiary/aromatic N) is 1. The van der Waals surface area contributed by atoms with Gasteiger partial charge in [0.1, 0.15) is 5.75 Å². The number of ether oxygens (including phenoxy) is 1. The maximum Gasteiger partial charge on any atom is 0.123 e. The highest BCUT2D eigenvalue weighted by Crippen LogP contribution is 2.23. The number of benzene rings is 2. The molecule has 0 atom stereocenters. The minimum absolute atomic E-state index is 0.818. The van der Waals surface area contributed by atoms with E-state index in [1.165, 1.54) is 22.0 Å². The Morgan fingerprint density at radius 2 is 1.95 bits per heavy atom. The summed E-state index contributed by atoms with van der Waals surface area (Å²) in [7, 11) is 3.69. The Bertz CT molecular complexity index is 746. The van der Waals surface area contributed by atoms with E-state index in [1.807, 2.05) is 19.2 Å². The average Bonchev–Trinajstić information content (AvgIpc) is 2.91. The lowest BCUT2D eigenvalue weighted by atomic mass is 10.1. The summed E-state index contributed by atoms with van der Waals surface area (Å²) in [5, 5.41) is 4.46. The van der Waals surface area contributed by atoms with Gasteiger partial charge in [0.25, 0.3) is 0 Å². The van der Waals surface area contributed by atoms with Gasteiger partial charge in [-0.15, -0.1) is 0 Å². The topological polar surface area (TPSA) is 26.2 Å². The third kappa shape index (κ3) is 2.78. The SMILES string of the molecule is CNCc1ccc2c(ccn2Cc2ccccc2OC)c1. The number of hydrogen-bond acceptors (Lipinski definition) is 2. The second-order valence-electron chi connectivity index (χ2n) is 5.18. The molecule has 108 valence electrons. The molecule has 0 fully saturated rings. The van der Waals surface area contributed by atoms with E-state index < -0.39 is 0 Å². The van der Waals surface area contributed by atoms with E-state index in [4.69, 9.17) is 4.74 Å². The van der Waals surface area contributed by atoms with Crippen molar-refractivity contribution in [3.05, 3.63) is 65.9 Å². The van der Waals surface area contributed by atoms with Gasteiger partial charge in [0.15, 0.2) is 0 Å². The van der Waals surface area contributed by atoms with Crippen molar-refractivity contribution in [3.63, 3.8) is 0 Å². The molecule has 0 unspecified atom stereocenters. The van der Waals surface area contributed by atoms with Gasteiger partial charge in [-0.25, -0.2) is 0 Å². The minimum atomic E-state index is 0.818. The van der Waals surface area contributed by atoms with Crippen LogP contribution >= 0.6 is 0 Å². The summed E-state index contributed by atoms with van der Waals surface area (Å²) in [5.74, 6) is 0.936. The molecule has 21 heavy (non-hydrogen) atoms. The first-order chi connectivity index (χ1) is 10.3. The molecule has 0 bridgehead atoms. The molecular weight excluding hydrogens is 260 g/mol. The Balaban J connectivity index is 1.94. The first-order valence-electron chi connectivity index (χ1n) is 7.16. The largest absolute Gasteiger partial charge is 0.496 e. The fourth-order valence-corrected chi connectivity index (χ4v) is 2.72. The summed E-state index contributed by atoms with van der Waals surface area (Å²) in [4.78, 5) is 0. The Labute approximate surface area is 125 Å². The summed E-state index contributed by atoms with van der Waals surface area (Å²) in [6, 6.07) is 16.9. The maximum atomic E-state index is 5.44. The van der Waals surface area contributed by atoms with E-state index in [-0.39, 0.29) is 0 Å². The second kappa shape index (κ2) is 6.02. The van der Waals surface area contributed by atoms with Gasteiger partial charge in [-0.2, -0.15) is 0 Å². The molecule has 0 aliphatic heterocycles. The first kappa shape index (κ1) is 13.7. The van der Waals surface area contributed by atoms with Gasteiger partial charge in [0.05, 0.1) is 13.7 Å². The van der Waals surface area contributed by atoms with Crippen LogP contribution in [0.4, 0.5) is 0 Å². The molecular formula is C18H20N2O. The highest BCUT2D eigenvalue weighted by molar-refractivity contribution is 5.81. The van der Waals surface area contributed by atoms with Crippen LogP contribution in [0.3, 0.4) is 0 Å². The van der Waals surface area contributed by atoms with Crippen molar-refractivity contribution in [1.29, 1.82) is 0 Å². The number of fused-ring (bicyclic) bond motifs is 1. The summed E-state index contributed by atoms with van der Waals surface area (Å²) in [6.45, 7) is 1.71. The fourth-order valence-electron chi connectivity index (χ4n) is 2.72. The van der Waals surface area contributed by atoms with Crippen molar-refractivity contribution in [2.45, 2.75) is 13.1 Å². The van der Waals surface area contributed by atoms with Gasteiger partial charge in [-0.3, -0.25) is 0 Å². The Hall–Kier alpha value is -2.26. The lowest BCUT2D eigenvalue weighted by molar-refractivity contribution is 0.408. The Morgan fingerprint density at radius 3 is 2.76 bits per heavy atom. The van der Waals surface area contributed by atoms with Crippen LogP contribution in [0.5, 0.6) is 5.75 Å². The molecule has 0 saturated carbocycles. The van der Waals surface area contributed by atoms with Crippen molar-refractivity contribution < 1.29 is 4.74 Å². The predicted molar refractivity (Wildman–Crippen MR) is 86.8 cm³/mol. The summed E-state index contributed by atoms with van der Waals surface area (Å²) in [5.41, 5.74) is 3.75. The van der Waals surface area contributed by atoms with E-state index in [9.17, 15) is 0 Å². The van der Waals surface area contributed by atoms with E-state index in [0.717, 1.165) is 18.8 Å². The van der Waals surface area contributed by atoms with Crippen LogP contribution in [0.25, 0.3) is 10.9 Å². The number of rotatable bonds is 5. The Kier molecular flexibility index (Phi) is 3.93. The molecule has 1 N–H and O–H groups in total. The summed E-state index contributed by atoms with van der Waals surface area (Å²) in [6.07, 6.45) is 2.14. The van der Waals surface area contributed by atoms with Crippen molar-refractivity contribution in [1.82, 2.24) is 9.88 Å². The van der Waals surface area contributed by atoms with E-state index in [0.29, 0.717) is 0 Å². The molecule has 1 heterocycles. The zero-order valence-corrected chi connectivity index (χ0v) is 12.5. The molecule has 0 amide bonds. The maximum absolute atomic E-state index is 5.44. The highest BCUT2D eigenvalue weighted by atomic mass is 16.5. The molecule has 0 aliphatic carbocycles. The van der Waals surface area contributed by atoms with Crippen LogP contribution in [0.2, 0.25) is 0 Å². The number of methoxy groups -OCH3 is 1.